The monoisotopic (exact) mass is 632 g/mol. The Balaban J connectivity index is 2.11. The van der Waals surface area contributed by atoms with Gasteiger partial charge < -0.3 is 9.80 Å². The molecule has 0 aliphatic heterocycles. The van der Waals surface area contributed by atoms with Crippen molar-refractivity contribution in [1.29, 1.82) is 0 Å². The van der Waals surface area contributed by atoms with Crippen LogP contribution >= 0.6 is 0 Å². The van der Waals surface area contributed by atoms with Crippen molar-refractivity contribution in [2.45, 2.75) is 80.1 Å². The maximum absolute atomic E-state index is 2.45. The van der Waals surface area contributed by atoms with Crippen LogP contribution in [0.4, 0.5) is 22.7 Å². The van der Waals surface area contributed by atoms with E-state index >= 15 is 0 Å². The van der Waals surface area contributed by atoms with Crippen molar-refractivity contribution in [3.63, 3.8) is 0 Å². The summed E-state index contributed by atoms with van der Waals surface area (Å²) in [6.07, 6.45) is 13.1. The predicted molar refractivity (Wildman–Crippen MR) is 213 cm³/mol. The molecular weight excluding hydrogens is 581 g/mol. The third-order valence-corrected chi connectivity index (χ3v) is 9.05. The molecule has 0 bridgehead atoms. The van der Waals surface area contributed by atoms with Crippen molar-refractivity contribution in [3.05, 3.63) is 156 Å². The van der Waals surface area contributed by atoms with Crippen LogP contribution < -0.4 is 9.80 Å². The molecular formula is C46H52N2. The van der Waals surface area contributed by atoms with Crippen molar-refractivity contribution in [1.82, 2.24) is 0 Å². The molecule has 0 radical (unpaired) electrons. The number of allylic oxidation sites excluding steroid dienone is 6. The maximum atomic E-state index is 2.45. The molecule has 0 aliphatic rings. The lowest BCUT2D eigenvalue weighted by Crippen LogP contribution is -2.20. The summed E-state index contributed by atoms with van der Waals surface area (Å²) in [7, 11) is 0. The number of nitrogens with zero attached hydrogens (tertiary/aromatic N) is 2. The second-order valence-electron chi connectivity index (χ2n) is 14.5. The van der Waals surface area contributed by atoms with E-state index in [1.54, 1.807) is 0 Å². The van der Waals surface area contributed by atoms with Crippen LogP contribution in [0.15, 0.2) is 145 Å². The average molecular weight is 633 g/mol. The standard InChI is InChI=1S/C46H52N2/c1-11-21-35(13-3)47(37-23-17-15-18-24-37)43-39-29-27-34(46(8,9)10)32-42(39)44(40-30-28-33(31-41(40)43)45(5,6)7)48(36(14-4)22-12-2)38-25-19-16-20-26-38/h11-32H,1-10H3/b21-11-,22-12-,35-13+,36-14+. The number of fused-ring (bicyclic) bond motifs is 2. The van der Waals surface area contributed by atoms with Crippen molar-refractivity contribution < 1.29 is 0 Å². The summed E-state index contributed by atoms with van der Waals surface area (Å²) in [4.78, 5) is 4.90. The first-order valence-corrected chi connectivity index (χ1v) is 17.3. The first-order valence-electron chi connectivity index (χ1n) is 17.3. The first kappa shape index (κ1) is 34.5. The van der Waals surface area contributed by atoms with E-state index in [0.29, 0.717) is 0 Å². The average Bonchev–Trinajstić information content (AvgIpc) is 3.07. The highest BCUT2D eigenvalue weighted by Gasteiger charge is 2.28. The van der Waals surface area contributed by atoms with Gasteiger partial charge in [0.05, 0.1) is 11.4 Å². The van der Waals surface area contributed by atoms with Crippen LogP contribution in [0.5, 0.6) is 0 Å². The zero-order valence-corrected chi connectivity index (χ0v) is 30.6. The van der Waals surface area contributed by atoms with E-state index in [2.05, 4.69) is 213 Å². The number of rotatable bonds is 8. The van der Waals surface area contributed by atoms with Gasteiger partial charge in [0, 0.05) is 44.3 Å². The molecule has 0 saturated carbocycles. The van der Waals surface area contributed by atoms with Gasteiger partial charge in [0.2, 0.25) is 0 Å². The molecule has 0 atom stereocenters. The highest BCUT2D eigenvalue weighted by atomic mass is 15.2. The van der Waals surface area contributed by atoms with Crippen molar-refractivity contribution in [2.24, 2.45) is 0 Å². The summed E-state index contributed by atoms with van der Waals surface area (Å²) < 4.78 is 0. The number of hydrogen-bond donors (Lipinski definition) is 0. The molecule has 0 fully saturated rings. The van der Waals surface area contributed by atoms with E-state index in [4.69, 9.17) is 0 Å². The molecule has 5 aromatic carbocycles. The van der Waals surface area contributed by atoms with Crippen LogP contribution in [0.25, 0.3) is 21.5 Å². The Hall–Kier alpha value is -4.82. The van der Waals surface area contributed by atoms with Gasteiger partial charge in [0.15, 0.2) is 0 Å². The Morgan fingerprint density at radius 3 is 1.10 bits per heavy atom. The molecule has 5 rings (SSSR count). The first-order chi connectivity index (χ1) is 22.9. The van der Waals surface area contributed by atoms with E-state index in [1.807, 2.05) is 0 Å². The Kier molecular flexibility index (Phi) is 10.2. The Morgan fingerprint density at radius 1 is 0.458 bits per heavy atom. The molecule has 5 aromatic rings. The molecule has 48 heavy (non-hydrogen) atoms. The summed E-state index contributed by atoms with van der Waals surface area (Å²) in [6, 6.07) is 35.9. The zero-order chi connectivity index (χ0) is 34.6. The van der Waals surface area contributed by atoms with Crippen molar-refractivity contribution in [3.8, 4) is 0 Å². The van der Waals surface area contributed by atoms with Gasteiger partial charge in [-0.1, -0.05) is 127 Å². The van der Waals surface area contributed by atoms with E-state index in [-0.39, 0.29) is 10.8 Å². The van der Waals surface area contributed by atoms with Gasteiger partial charge in [-0.15, -0.1) is 0 Å². The molecule has 0 aromatic heterocycles. The Morgan fingerprint density at radius 2 is 0.812 bits per heavy atom. The maximum Gasteiger partial charge on any atom is 0.0619 e. The minimum atomic E-state index is -0.0282. The topological polar surface area (TPSA) is 6.48 Å². The minimum absolute atomic E-state index is 0.0282. The molecule has 0 amide bonds. The summed E-state index contributed by atoms with van der Waals surface area (Å²) in [5, 5.41) is 4.86. The van der Waals surface area contributed by atoms with Gasteiger partial charge in [-0.2, -0.15) is 0 Å². The number of benzene rings is 5. The van der Waals surface area contributed by atoms with Crippen LogP contribution in [0, 0.1) is 0 Å². The number of anilines is 4. The number of para-hydroxylation sites is 2. The van der Waals surface area contributed by atoms with Gasteiger partial charge in [-0.3, -0.25) is 0 Å². The number of hydrogen-bond acceptors (Lipinski definition) is 2. The summed E-state index contributed by atoms with van der Waals surface area (Å²) in [6.45, 7) is 22.3. The van der Waals surface area contributed by atoms with E-state index in [9.17, 15) is 0 Å². The molecule has 0 spiro atoms. The SMILES string of the molecule is C/C=C\C(=C/C)N(c1ccccc1)c1c2ccc(C(C)(C)C)cc2c(N(C(/C=C\C)=C/C)c2ccccc2)c2ccc(C(C)(C)C)cc12. The lowest BCUT2D eigenvalue weighted by atomic mass is 9.82. The predicted octanol–water partition coefficient (Wildman–Crippen LogP) is 13.8. The van der Waals surface area contributed by atoms with Crippen LogP contribution in [-0.2, 0) is 10.8 Å². The summed E-state index contributed by atoms with van der Waals surface area (Å²) >= 11 is 0. The fourth-order valence-electron chi connectivity index (χ4n) is 6.51. The van der Waals surface area contributed by atoms with Crippen LogP contribution in [0.3, 0.4) is 0 Å². The summed E-state index contributed by atoms with van der Waals surface area (Å²) in [5.41, 5.74) is 9.44. The highest BCUT2D eigenvalue weighted by molar-refractivity contribution is 6.22. The van der Waals surface area contributed by atoms with Crippen molar-refractivity contribution >= 4 is 44.3 Å². The van der Waals surface area contributed by atoms with Gasteiger partial charge in [0.1, 0.15) is 0 Å². The molecule has 0 N–H and O–H groups in total. The lowest BCUT2D eigenvalue weighted by molar-refractivity contribution is 0.590. The Bertz CT molecular complexity index is 1860. The van der Waals surface area contributed by atoms with Crippen LogP contribution in [0.2, 0.25) is 0 Å². The van der Waals surface area contributed by atoms with E-state index in [1.165, 1.54) is 44.0 Å². The van der Waals surface area contributed by atoms with Crippen LogP contribution in [-0.4, -0.2) is 0 Å². The quantitative estimate of drug-likeness (QED) is 0.0954. The van der Waals surface area contributed by atoms with E-state index in [0.717, 1.165) is 22.8 Å². The smallest absolute Gasteiger partial charge is 0.0619 e. The molecule has 0 aliphatic carbocycles. The molecule has 2 nitrogen and oxygen atoms in total. The molecule has 0 saturated heterocycles. The Labute approximate surface area is 289 Å². The third kappa shape index (κ3) is 6.76. The van der Waals surface area contributed by atoms with Gasteiger partial charge >= 0.3 is 0 Å². The fourth-order valence-corrected chi connectivity index (χ4v) is 6.51. The summed E-state index contributed by atoms with van der Waals surface area (Å²) in [5.74, 6) is 0. The van der Waals surface area contributed by atoms with Crippen LogP contribution in [0.1, 0.15) is 80.4 Å². The normalized spacial score (nSPS) is 13.3. The second-order valence-corrected chi connectivity index (χ2v) is 14.5. The van der Waals surface area contributed by atoms with Gasteiger partial charge in [0.25, 0.3) is 0 Å². The zero-order valence-electron chi connectivity index (χ0n) is 30.6. The lowest BCUT2D eigenvalue weighted by Gasteiger charge is -2.34. The molecule has 2 heteroatoms. The molecule has 0 unspecified atom stereocenters. The van der Waals surface area contributed by atoms with Crippen molar-refractivity contribution in [2.75, 3.05) is 9.80 Å². The minimum Gasteiger partial charge on any atom is -0.310 e. The largest absolute Gasteiger partial charge is 0.310 e. The highest BCUT2D eigenvalue weighted by Crippen LogP contribution is 2.50. The van der Waals surface area contributed by atoms with Gasteiger partial charge in [-0.25, -0.2) is 0 Å². The fraction of sp³-hybridized carbons (Fsp3) is 0.261. The molecule has 0 heterocycles. The second kappa shape index (κ2) is 14.1. The van der Waals surface area contributed by atoms with Gasteiger partial charge in [-0.05, 0) is 98.2 Å². The van der Waals surface area contributed by atoms with E-state index < -0.39 is 0 Å². The molecule has 246 valence electrons. The third-order valence-electron chi connectivity index (χ3n) is 9.05.